The molecular weight excluding hydrogens is 396 g/mol. The van der Waals surface area contributed by atoms with Crippen LogP contribution in [0.3, 0.4) is 0 Å². The van der Waals surface area contributed by atoms with E-state index >= 15 is 0 Å². The number of benzene rings is 1. The van der Waals surface area contributed by atoms with Gasteiger partial charge in [0, 0.05) is 51.3 Å². The molecule has 1 N–H and O–H groups in total. The molecule has 31 heavy (non-hydrogen) atoms. The van der Waals surface area contributed by atoms with Crippen molar-refractivity contribution in [2.45, 2.75) is 51.4 Å². The maximum atomic E-state index is 12.8. The summed E-state index contributed by atoms with van der Waals surface area (Å²) in [5.41, 5.74) is 1.68. The number of carbonyl (C=O) groups is 2. The monoisotopic (exact) mass is 426 g/mol. The lowest BCUT2D eigenvalue weighted by Gasteiger charge is -2.32. The number of hydrogen-bond acceptors (Lipinski definition) is 6. The molecule has 2 aromatic rings. The van der Waals surface area contributed by atoms with Gasteiger partial charge < -0.3 is 19.5 Å². The molecule has 2 aliphatic rings. The second kappa shape index (κ2) is 10.0. The average Bonchev–Trinajstić information content (AvgIpc) is 3.24. The number of carbonyl (C=O) groups excluding carboxylic acids is 2. The molecule has 2 aliphatic heterocycles. The van der Waals surface area contributed by atoms with Crippen LogP contribution >= 0.6 is 0 Å². The van der Waals surface area contributed by atoms with Crippen molar-refractivity contribution in [3.8, 4) is 0 Å². The maximum Gasteiger partial charge on any atom is 0.226 e. The third kappa shape index (κ3) is 5.91. The molecule has 2 fully saturated rings. The first-order valence-corrected chi connectivity index (χ1v) is 11.1. The van der Waals surface area contributed by atoms with Crippen LogP contribution in [-0.2, 0) is 27.2 Å². The molecule has 3 heterocycles. The van der Waals surface area contributed by atoms with Crippen LogP contribution in [0.4, 0.5) is 5.69 Å². The van der Waals surface area contributed by atoms with Gasteiger partial charge in [0.25, 0.3) is 0 Å². The summed E-state index contributed by atoms with van der Waals surface area (Å²) >= 11 is 0. The number of piperidine rings is 1. The fraction of sp³-hybridized carbons (Fsp3) is 0.565. The molecule has 0 spiro atoms. The van der Waals surface area contributed by atoms with Crippen LogP contribution in [0.25, 0.3) is 0 Å². The Balaban J connectivity index is 1.29. The molecule has 0 radical (unpaired) electrons. The summed E-state index contributed by atoms with van der Waals surface area (Å²) < 4.78 is 10.9. The SMILES string of the molecule is CC(=O)Nc1ccc(CC(=O)N2CCCC(Cc3nc(C4CCOCC4)no3)C2)cc1. The first-order chi connectivity index (χ1) is 15.1. The summed E-state index contributed by atoms with van der Waals surface area (Å²) in [6.45, 7) is 4.49. The van der Waals surface area contributed by atoms with Gasteiger partial charge in [0.1, 0.15) is 0 Å². The third-order valence-electron chi connectivity index (χ3n) is 6.03. The zero-order valence-electron chi connectivity index (χ0n) is 18.0. The van der Waals surface area contributed by atoms with Gasteiger partial charge in [-0.05, 0) is 49.3 Å². The van der Waals surface area contributed by atoms with E-state index in [4.69, 9.17) is 9.26 Å². The molecular formula is C23H30N4O4. The minimum Gasteiger partial charge on any atom is -0.381 e. The number of amides is 2. The van der Waals surface area contributed by atoms with E-state index in [0.29, 0.717) is 30.6 Å². The lowest BCUT2D eigenvalue weighted by Crippen LogP contribution is -2.41. The van der Waals surface area contributed by atoms with E-state index in [2.05, 4.69) is 15.5 Å². The van der Waals surface area contributed by atoms with Crippen molar-refractivity contribution in [1.82, 2.24) is 15.0 Å². The van der Waals surface area contributed by atoms with E-state index in [1.807, 2.05) is 29.2 Å². The van der Waals surface area contributed by atoms with Crippen LogP contribution in [0.1, 0.15) is 55.8 Å². The van der Waals surface area contributed by atoms with Crippen LogP contribution in [0, 0.1) is 5.92 Å². The molecule has 8 heteroatoms. The van der Waals surface area contributed by atoms with Gasteiger partial charge in [0.15, 0.2) is 5.82 Å². The lowest BCUT2D eigenvalue weighted by molar-refractivity contribution is -0.132. The standard InChI is InChI=1S/C23H30N4O4/c1-16(28)24-20-6-4-17(5-7-20)14-22(29)27-10-2-3-18(15-27)13-21-25-23(26-31-21)19-8-11-30-12-9-19/h4-7,18-19H,2-3,8-15H2,1H3,(H,24,28). The zero-order chi connectivity index (χ0) is 21.6. The van der Waals surface area contributed by atoms with Gasteiger partial charge in [-0.3, -0.25) is 9.59 Å². The van der Waals surface area contributed by atoms with E-state index < -0.39 is 0 Å². The van der Waals surface area contributed by atoms with E-state index in [1.165, 1.54) is 6.92 Å². The minimum absolute atomic E-state index is 0.107. The molecule has 0 bridgehead atoms. The summed E-state index contributed by atoms with van der Waals surface area (Å²) in [6.07, 6.45) is 5.00. The molecule has 1 aromatic carbocycles. The fourth-order valence-electron chi connectivity index (χ4n) is 4.37. The highest BCUT2D eigenvalue weighted by molar-refractivity contribution is 5.88. The highest BCUT2D eigenvalue weighted by Gasteiger charge is 2.27. The largest absolute Gasteiger partial charge is 0.381 e. The third-order valence-corrected chi connectivity index (χ3v) is 6.03. The Morgan fingerprint density at radius 2 is 1.94 bits per heavy atom. The Kier molecular flexibility index (Phi) is 6.96. The summed E-state index contributed by atoms with van der Waals surface area (Å²) in [6, 6.07) is 7.44. The number of hydrogen-bond donors (Lipinski definition) is 1. The molecule has 1 aromatic heterocycles. The van der Waals surface area contributed by atoms with Crippen LogP contribution in [0.2, 0.25) is 0 Å². The van der Waals surface area contributed by atoms with Crippen LogP contribution in [0.5, 0.6) is 0 Å². The van der Waals surface area contributed by atoms with Gasteiger partial charge >= 0.3 is 0 Å². The lowest BCUT2D eigenvalue weighted by atomic mass is 9.94. The number of ether oxygens (including phenoxy) is 1. The first kappa shape index (κ1) is 21.5. The van der Waals surface area contributed by atoms with Crippen molar-refractivity contribution in [3.05, 3.63) is 41.5 Å². The number of likely N-dealkylation sites (tertiary alicyclic amines) is 1. The molecule has 0 aliphatic carbocycles. The number of nitrogens with one attached hydrogen (secondary N) is 1. The molecule has 0 saturated carbocycles. The van der Waals surface area contributed by atoms with E-state index in [0.717, 1.165) is 69.1 Å². The molecule has 2 saturated heterocycles. The van der Waals surface area contributed by atoms with Gasteiger partial charge in [0.05, 0.1) is 6.42 Å². The van der Waals surface area contributed by atoms with Gasteiger partial charge in [0.2, 0.25) is 17.7 Å². The fourth-order valence-corrected chi connectivity index (χ4v) is 4.37. The average molecular weight is 427 g/mol. The Bertz CT molecular complexity index is 889. The van der Waals surface area contributed by atoms with Crippen molar-refractivity contribution in [3.63, 3.8) is 0 Å². The van der Waals surface area contributed by atoms with E-state index in [-0.39, 0.29) is 11.8 Å². The van der Waals surface area contributed by atoms with Crippen LogP contribution in [0.15, 0.2) is 28.8 Å². The van der Waals surface area contributed by atoms with Gasteiger partial charge in [-0.15, -0.1) is 0 Å². The van der Waals surface area contributed by atoms with Crippen molar-refractivity contribution in [2.75, 3.05) is 31.6 Å². The molecule has 4 rings (SSSR count). The van der Waals surface area contributed by atoms with E-state index in [9.17, 15) is 9.59 Å². The number of anilines is 1. The Morgan fingerprint density at radius 3 is 2.68 bits per heavy atom. The topological polar surface area (TPSA) is 97.6 Å². The molecule has 8 nitrogen and oxygen atoms in total. The second-order valence-electron chi connectivity index (χ2n) is 8.54. The normalized spacial score (nSPS) is 19.9. The van der Waals surface area contributed by atoms with Gasteiger partial charge in [-0.2, -0.15) is 4.98 Å². The quantitative estimate of drug-likeness (QED) is 0.763. The predicted octanol–water partition coefficient (Wildman–Crippen LogP) is 2.95. The Labute approximate surface area is 182 Å². The predicted molar refractivity (Wildman–Crippen MR) is 115 cm³/mol. The van der Waals surface area contributed by atoms with Crippen molar-refractivity contribution in [2.24, 2.45) is 5.92 Å². The molecule has 166 valence electrons. The van der Waals surface area contributed by atoms with Crippen molar-refractivity contribution in [1.29, 1.82) is 0 Å². The molecule has 1 atom stereocenters. The minimum atomic E-state index is -0.107. The Hall–Kier alpha value is -2.74. The van der Waals surface area contributed by atoms with Crippen LogP contribution in [-0.4, -0.2) is 53.2 Å². The van der Waals surface area contributed by atoms with Crippen molar-refractivity contribution < 1.29 is 18.8 Å². The smallest absolute Gasteiger partial charge is 0.226 e. The highest BCUT2D eigenvalue weighted by Crippen LogP contribution is 2.26. The second-order valence-corrected chi connectivity index (χ2v) is 8.54. The highest BCUT2D eigenvalue weighted by atomic mass is 16.5. The van der Waals surface area contributed by atoms with E-state index in [1.54, 1.807) is 0 Å². The maximum absolute atomic E-state index is 12.8. The summed E-state index contributed by atoms with van der Waals surface area (Å²) in [4.78, 5) is 30.5. The molecule has 1 unspecified atom stereocenters. The number of aromatic nitrogens is 2. The number of nitrogens with zero attached hydrogens (tertiary/aromatic N) is 3. The van der Waals surface area contributed by atoms with Gasteiger partial charge in [-0.25, -0.2) is 0 Å². The number of rotatable bonds is 6. The summed E-state index contributed by atoms with van der Waals surface area (Å²) in [5, 5.41) is 6.93. The van der Waals surface area contributed by atoms with Gasteiger partial charge in [-0.1, -0.05) is 17.3 Å². The molecule has 2 amide bonds. The zero-order valence-corrected chi connectivity index (χ0v) is 18.0. The summed E-state index contributed by atoms with van der Waals surface area (Å²) in [5.74, 6) is 2.16. The van der Waals surface area contributed by atoms with Crippen LogP contribution < -0.4 is 5.32 Å². The summed E-state index contributed by atoms with van der Waals surface area (Å²) in [7, 11) is 0. The Morgan fingerprint density at radius 1 is 1.16 bits per heavy atom. The first-order valence-electron chi connectivity index (χ1n) is 11.1. The van der Waals surface area contributed by atoms with Crippen molar-refractivity contribution >= 4 is 17.5 Å².